The number of alkyl halides is 3. The van der Waals surface area contributed by atoms with Gasteiger partial charge in [0.15, 0.2) is 0 Å². The van der Waals surface area contributed by atoms with Gasteiger partial charge in [0.25, 0.3) is 10.2 Å². The van der Waals surface area contributed by atoms with Gasteiger partial charge in [0.1, 0.15) is 0 Å². The molecule has 0 amide bonds. The predicted molar refractivity (Wildman–Crippen MR) is 75.1 cm³/mol. The molecule has 0 aliphatic heterocycles. The average molecular weight is 324 g/mol. The van der Waals surface area contributed by atoms with Gasteiger partial charge in [-0.1, -0.05) is 25.1 Å². The van der Waals surface area contributed by atoms with Crippen molar-refractivity contribution in [2.75, 3.05) is 20.6 Å². The third kappa shape index (κ3) is 5.29. The van der Waals surface area contributed by atoms with E-state index in [1.54, 1.807) is 13.0 Å². The minimum atomic E-state index is -4.37. The van der Waals surface area contributed by atoms with Crippen molar-refractivity contribution in [3.63, 3.8) is 0 Å². The Labute approximate surface area is 123 Å². The lowest BCUT2D eigenvalue weighted by Crippen LogP contribution is -2.36. The first kappa shape index (κ1) is 17.9. The highest BCUT2D eigenvalue weighted by atomic mass is 32.2. The first-order valence-electron chi connectivity index (χ1n) is 6.38. The van der Waals surface area contributed by atoms with Crippen molar-refractivity contribution in [2.24, 2.45) is 0 Å². The van der Waals surface area contributed by atoms with Crippen molar-refractivity contribution >= 4 is 10.2 Å². The molecule has 0 aliphatic carbocycles. The normalized spacial score (nSPS) is 14.4. The van der Waals surface area contributed by atoms with Crippen LogP contribution in [0.4, 0.5) is 13.2 Å². The van der Waals surface area contributed by atoms with Gasteiger partial charge in [-0.2, -0.15) is 25.9 Å². The van der Waals surface area contributed by atoms with Crippen molar-refractivity contribution in [1.29, 1.82) is 0 Å². The molecule has 1 N–H and O–H groups in total. The van der Waals surface area contributed by atoms with Crippen molar-refractivity contribution in [3.8, 4) is 0 Å². The summed E-state index contributed by atoms with van der Waals surface area (Å²) in [6, 6.07) is 5.09. The van der Waals surface area contributed by atoms with E-state index >= 15 is 0 Å². The van der Waals surface area contributed by atoms with E-state index in [4.69, 9.17) is 0 Å². The van der Waals surface area contributed by atoms with Crippen LogP contribution in [0.5, 0.6) is 0 Å². The second kappa shape index (κ2) is 6.76. The highest BCUT2D eigenvalue weighted by Crippen LogP contribution is 2.31. The minimum absolute atomic E-state index is 0.165. The van der Waals surface area contributed by atoms with Gasteiger partial charge in [-0.05, 0) is 24.0 Å². The molecule has 0 saturated heterocycles. The lowest BCUT2D eigenvalue weighted by atomic mass is 9.96. The van der Waals surface area contributed by atoms with Gasteiger partial charge >= 0.3 is 6.18 Å². The molecule has 120 valence electrons. The molecule has 0 heterocycles. The fourth-order valence-electron chi connectivity index (χ4n) is 1.72. The predicted octanol–water partition coefficient (Wildman–Crippen LogP) is 2.60. The molecule has 0 aromatic heterocycles. The summed E-state index contributed by atoms with van der Waals surface area (Å²) >= 11 is 0. The lowest BCUT2D eigenvalue weighted by Gasteiger charge is -2.16. The van der Waals surface area contributed by atoms with Crippen LogP contribution in [0.3, 0.4) is 0 Å². The number of hydrogen-bond acceptors (Lipinski definition) is 2. The van der Waals surface area contributed by atoms with Crippen molar-refractivity contribution < 1.29 is 21.6 Å². The van der Waals surface area contributed by atoms with Crippen LogP contribution in [-0.2, 0) is 16.4 Å². The SMILES string of the molecule is C[C@H](CCNS(=O)(=O)N(C)C)c1cccc(C(F)(F)F)c1. The second-order valence-corrected chi connectivity index (χ2v) is 6.96. The molecule has 0 fully saturated rings. The zero-order valence-electron chi connectivity index (χ0n) is 12.1. The Morgan fingerprint density at radius 3 is 2.43 bits per heavy atom. The number of rotatable bonds is 6. The maximum absolute atomic E-state index is 12.6. The number of benzene rings is 1. The highest BCUT2D eigenvalue weighted by Gasteiger charge is 2.30. The summed E-state index contributed by atoms with van der Waals surface area (Å²) in [4.78, 5) is 0. The van der Waals surface area contributed by atoms with Gasteiger partial charge in [0, 0.05) is 20.6 Å². The van der Waals surface area contributed by atoms with E-state index in [0.29, 0.717) is 12.0 Å². The zero-order chi connectivity index (χ0) is 16.3. The summed E-state index contributed by atoms with van der Waals surface area (Å²) in [7, 11) is -0.701. The Kier molecular flexibility index (Phi) is 5.77. The molecule has 8 heteroatoms. The van der Waals surface area contributed by atoms with Crippen LogP contribution >= 0.6 is 0 Å². The number of hydrogen-bond donors (Lipinski definition) is 1. The fraction of sp³-hybridized carbons (Fsp3) is 0.538. The van der Waals surface area contributed by atoms with Crippen LogP contribution in [0, 0.1) is 0 Å². The Bertz CT molecular complexity index is 571. The third-order valence-corrected chi connectivity index (χ3v) is 4.66. The van der Waals surface area contributed by atoms with Gasteiger partial charge < -0.3 is 0 Å². The van der Waals surface area contributed by atoms with E-state index in [1.165, 1.54) is 20.2 Å². The second-order valence-electron chi connectivity index (χ2n) is 4.99. The molecular formula is C13H19F3N2O2S. The number of nitrogens with one attached hydrogen (secondary N) is 1. The Balaban J connectivity index is 2.67. The Morgan fingerprint density at radius 1 is 1.29 bits per heavy atom. The topological polar surface area (TPSA) is 49.4 Å². The van der Waals surface area contributed by atoms with Gasteiger partial charge in [0.05, 0.1) is 5.56 Å². The van der Waals surface area contributed by atoms with Crippen molar-refractivity contribution in [3.05, 3.63) is 35.4 Å². The van der Waals surface area contributed by atoms with E-state index in [2.05, 4.69) is 4.72 Å². The zero-order valence-corrected chi connectivity index (χ0v) is 12.9. The van der Waals surface area contributed by atoms with Crippen LogP contribution < -0.4 is 4.72 Å². The van der Waals surface area contributed by atoms with Gasteiger partial charge in [-0.15, -0.1) is 0 Å². The van der Waals surface area contributed by atoms with E-state index < -0.39 is 21.9 Å². The molecule has 0 bridgehead atoms. The maximum atomic E-state index is 12.6. The fourth-order valence-corrected chi connectivity index (χ4v) is 2.36. The molecule has 1 aromatic carbocycles. The Morgan fingerprint density at radius 2 is 1.90 bits per heavy atom. The summed E-state index contributed by atoms with van der Waals surface area (Å²) in [5.74, 6) is -0.183. The van der Waals surface area contributed by atoms with Crippen LogP contribution in [0.1, 0.15) is 30.4 Å². The maximum Gasteiger partial charge on any atom is 0.416 e. The van der Waals surface area contributed by atoms with Crippen molar-refractivity contribution in [2.45, 2.75) is 25.4 Å². The number of nitrogens with zero attached hydrogens (tertiary/aromatic N) is 1. The Hall–Kier alpha value is -1.12. The summed E-state index contributed by atoms with van der Waals surface area (Å²) in [5.41, 5.74) is -0.158. The molecule has 0 saturated carbocycles. The summed E-state index contributed by atoms with van der Waals surface area (Å²) < 4.78 is 64.3. The van der Waals surface area contributed by atoms with Gasteiger partial charge in [-0.25, -0.2) is 4.72 Å². The summed E-state index contributed by atoms with van der Waals surface area (Å²) in [6.45, 7) is 1.93. The molecule has 0 aliphatic rings. The first-order valence-corrected chi connectivity index (χ1v) is 7.82. The molecular weight excluding hydrogens is 305 g/mol. The molecule has 0 unspecified atom stereocenters. The largest absolute Gasteiger partial charge is 0.416 e. The first-order chi connectivity index (χ1) is 9.54. The van der Waals surface area contributed by atoms with Gasteiger partial charge in [0.2, 0.25) is 0 Å². The monoisotopic (exact) mass is 324 g/mol. The van der Waals surface area contributed by atoms with Crippen LogP contribution in [0.2, 0.25) is 0 Å². The summed E-state index contributed by atoms with van der Waals surface area (Å²) in [5, 5.41) is 0. The molecule has 0 spiro atoms. The molecule has 1 aromatic rings. The van der Waals surface area contributed by atoms with E-state index in [9.17, 15) is 21.6 Å². The van der Waals surface area contributed by atoms with Gasteiger partial charge in [-0.3, -0.25) is 0 Å². The lowest BCUT2D eigenvalue weighted by molar-refractivity contribution is -0.137. The van der Waals surface area contributed by atoms with E-state index in [0.717, 1.165) is 16.4 Å². The minimum Gasteiger partial charge on any atom is -0.202 e. The van der Waals surface area contributed by atoms with Crippen molar-refractivity contribution in [1.82, 2.24) is 9.03 Å². The van der Waals surface area contributed by atoms with Crippen LogP contribution in [0.25, 0.3) is 0 Å². The molecule has 4 nitrogen and oxygen atoms in total. The molecule has 1 atom stereocenters. The van der Waals surface area contributed by atoms with E-state index in [1.807, 2.05) is 0 Å². The van der Waals surface area contributed by atoms with E-state index in [-0.39, 0.29) is 12.5 Å². The smallest absolute Gasteiger partial charge is 0.202 e. The molecule has 1 rings (SSSR count). The quantitative estimate of drug-likeness (QED) is 0.874. The highest BCUT2D eigenvalue weighted by molar-refractivity contribution is 7.87. The third-order valence-electron chi connectivity index (χ3n) is 3.13. The standard InChI is InChI=1S/C13H19F3N2O2S/c1-10(7-8-17-21(19,20)18(2)3)11-5-4-6-12(9-11)13(14,15)16/h4-6,9-10,17H,7-8H2,1-3H3/t10-/m1/s1. The average Bonchev–Trinajstić information content (AvgIpc) is 2.37. The van der Waals surface area contributed by atoms with Crippen LogP contribution in [-0.4, -0.2) is 33.4 Å². The summed E-state index contributed by atoms with van der Waals surface area (Å²) in [6.07, 6.45) is -3.96. The number of halogens is 3. The molecule has 21 heavy (non-hydrogen) atoms. The molecule has 0 radical (unpaired) electrons. The van der Waals surface area contributed by atoms with Crippen LogP contribution in [0.15, 0.2) is 24.3 Å².